The summed E-state index contributed by atoms with van der Waals surface area (Å²) in [6.45, 7) is -0.351. The maximum Gasteiger partial charge on any atom is 0.306 e. The number of ether oxygens (including phenoxy) is 1. The Kier molecular flexibility index (Phi) is 8.41. The first-order valence-electron chi connectivity index (χ1n) is 9.03. The maximum absolute atomic E-state index is 11.8. The largest absolute Gasteiger partial charge is 0.456 e. The molecule has 142 valence electrons. The van der Waals surface area contributed by atoms with Crippen molar-refractivity contribution in [2.24, 2.45) is 0 Å². The Balaban J connectivity index is 1.55. The van der Waals surface area contributed by atoms with Gasteiger partial charge in [-0.15, -0.1) is 0 Å². The normalized spacial score (nSPS) is 14.5. The Morgan fingerprint density at radius 1 is 1.00 bits per heavy atom. The van der Waals surface area contributed by atoms with E-state index in [-0.39, 0.29) is 25.0 Å². The first-order chi connectivity index (χ1) is 12.5. The Morgan fingerprint density at radius 3 is 2.38 bits per heavy atom. The summed E-state index contributed by atoms with van der Waals surface area (Å²) in [6, 6.07) is 6.91. The van der Waals surface area contributed by atoms with Crippen LogP contribution in [-0.2, 0) is 19.1 Å². The van der Waals surface area contributed by atoms with Crippen molar-refractivity contribution in [2.45, 2.75) is 57.4 Å². The topological polar surface area (TPSA) is 84.5 Å². The zero-order valence-electron chi connectivity index (χ0n) is 14.8. The minimum Gasteiger partial charge on any atom is -0.456 e. The smallest absolute Gasteiger partial charge is 0.306 e. The van der Waals surface area contributed by atoms with Gasteiger partial charge in [-0.05, 0) is 43.5 Å². The number of hydrogen-bond acceptors (Lipinski definition) is 4. The van der Waals surface area contributed by atoms with Crippen LogP contribution in [0.2, 0.25) is 5.02 Å². The van der Waals surface area contributed by atoms with Crippen LogP contribution in [0.1, 0.15) is 51.4 Å². The van der Waals surface area contributed by atoms with Crippen LogP contribution in [0.5, 0.6) is 0 Å². The Labute approximate surface area is 158 Å². The lowest BCUT2D eigenvalue weighted by Crippen LogP contribution is -2.36. The van der Waals surface area contributed by atoms with Gasteiger partial charge in [0.2, 0.25) is 5.91 Å². The van der Waals surface area contributed by atoms with Crippen molar-refractivity contribution in [1.29, 1.82) is 0 Å². The van der Waals surface area contributed by atoms with E-state index in [1.807, 2.05) is 0 Å². The summed E-state index contributed by atoms with van der Waals surface area (Å²) < 4.78 is 4.92. The highest BCUT2D eigenvalue weighted by Crippen LogP contribution is 2.17. The van der Waals surface area contributed by atoms with Gasteiger partial charge in [-0.3, -0.25) is 14.4 Å². The monoisotopic (exact) mass is 380 g/mol. The summed E-state index contributed by atoms with van der Waals surface area (Å²) >= 11 is 5.77. The van der Waals surface area contributed by atoms with E-state index in [0.717, 1.165) is 25.7 Å². The summed E-state index contributed by atoms with van der Waals surface area (Å²) in [5.74, 6) is -0.928. The number of rotatable bonds is 8. The summed E-state index contributed by atoms with van der Waals surface area (Å²) in [5.41, 5.74) is 0.579. The van der Waals surface area contributed by atoms with Crippen LogP contribution in [0, 0.1) is 0 Å². The van der Waals surface area contributed by atoms with E-state index in [1.165, 1.54) is 6.42 Å². The molecule has 0 saturated heterocycles. The van der Waals surface area contributed by atoms with Crippen LogP contribution in [-0.4, -0.2) is 30.4 Å². The number of nitrogens with one attached hydrogen (secondary N) is 2. The van der Waals surface area contributed by atoms with Crippen LogP contribution in [0.4, 0.5) is 5.69 Å². The molecule has 1 aliphatic rings. The molecule has 0 heterocycles. The third kappa shape index (κ3) is 7.87. The Morgan fingerprint density at radius 2 is 1.69 bits per heavy atom. The average molecular weight is 381 g/mol. The highest BCUT2D eigenvalue weighted by molar-refractivity contribution is 6.30. The third-order valence-corrected chi connectivity index (χ3v) is 4.50. The number of benzene rings is 1. The molecule has 1 aromatic rings. The van der Waals surface area contributed by atoms with Gasteiger partial charge in [-0.25, -0.2) is 0 Å². The van der Waals surface area contributed by atoms with Gasteiger partial charge >= 0.3 is 5.97 Å². The van der Waals surface area contributed by atoms with Gasteiger partial charge in [0.05, 0.1) is 0 Å². The van der Waals surface area contributed by atoms with E-state index in [4.69, 9.17) is 16.3 Å². The molecule has 2 N–H and O–H groups in total. The van der Waals surface area contributed by atoms with Crippen LogP contribution in [0.3, 0.4) is 0 Å². The van der Waals surface area contributed by atoms with E-state index in [9.17, 15) is 14.4 Å². The minimum atomic E-state index is -0.485. The number of amides is 2. The second-order valence-corrected chi connectivity index (χ2v) is 6.91. The quantitative estimate of drug-likeness (QED) is 0.676. The summed E-state index contributed by atoms with van der Waals surface area (Å²) in [5, 5.41) is 6.19. The van der Waals surface area contributed by atoms with Gasteiger partial charge in [0, 0.05) is 29.6 Å². The molecule has 1 aromatic carbocycles. The molecule has 7 heteroatoms. The van der Waals surface area contributed by atoms with Crippen LogP contribution in [0.15, 0.2) is 24.3 Å². The highest BCUT2D eigenvalue weighted by Gasteiger charge is 2.16. The Hall–Kier alpha value is -2.08. The highest BCUT2D eigenvalue weighted by atomic mass is 35.5. The molecule has 1 saturated carbocycles. The number of carbonyl (C=O) groups excluding carboxylic acids is 3. The Bertz CT molecular complexity index is 612. The van der Waals surface area contributed by atoms with E-state index in [0.29, 0.717) is 23.6 Å². The van der Waals surface area contributed by atoms with Gasteiger partial charge in [-0.1, -0.05) is 30.9 Å². The molecule has 2 amide bonds. The molecule has 0 bridgehead atoms. The molecule has 0 aliphatic heterocycles. The molecule has 0 spiro atoms. The van der Waals surface area contributed by atoms with Crippen molar-refractivity contribution in [2.75, 3.05) is 11.9 Å². The molecule has 0 unspecified atom stereocenters. The summed E-state index contributed by atoms with van der Waals surface area (Å²) in [4.78, 5) is 35.2. The molecule has 0 atom stereocenters. The van der Waals surface area contributed by atoms with E-state index >= 15 is 0 Å². The van der Waals surface area contributed by atoms with Gasteiger partial charge in [0.25, 0.3) is 5.91 Å². The number of esters is 1. The van der Waals surface area contributed by atoms with Gasteiger partial charge in [-0.2, -0.15) is 0 Å². The lowest BCUT2D eigenvalue weighted by atomic mass is 9.95. The molecule has 6 nitrogen and oxygen atoms in total. The number of anilines is 1. The van der Waals surface area contributed by atoms with Crippen molar-refractivity contribution in [3.63, 3.8) is 0 Å². The van der Waals surface area contributed by atoms with Crippen molar-refractivity contribution in [3.8, 4) is 0 Å². The fourth-order valence-electron chi connectivity index (χ4n) is 2.89. The minimum absolute atomic E-state index is 0.0230. The second kappa shape index (κ2) is 10.8. The van der Waals surface area contributed by atoms with Gasteiger partial charge < -0.3 is 15.4 Å². The summed E-state index contributed by atoms with van der Waals surface area (Å²) in [6.07, 6.45) is 6.46. The van der Waals surface area contributed by atoms with Crippen molar-refractivity contribution < 1.29 is 19.1 Å². The molecular formula is C19H25ClN2O4. The van der Waals surface area contributed by atoms with Crippen molar-refractivity contribution in [1.82, 2.24) is 5.32 Å². The molecule has 0 radical (unpaired) electrons. The maximum atomic E-state index is 11.8. The first kappa shape index (κ1) is 20.2. The zero-order chi connectivity index (χ0) is 18.8. The molecule has 0 aromatic heterocycles. The standard InChI is InChI=1S/C19H25ClN2O4/c20-14-9-11-16(12-10-14)22-18(24)13-26-19(25)8-4-7-17(23)21-15-5-2-1-3-6-15/h9-12,15H,1-8,13H2,(H,21,23)(H,22,24). The lowest BCUT2D eigenvalue weighted by molar-refractivity contribution is -0.147. The fraction of sp³-hybridized carbons (Fsp3) is 0.526. The van der Waals surface area contributed by atoms with Crippen molar-refractivity contribution >= 4 is 35.1 Å². The van der Waals surface area contributed by atoms with Gasteiger partial charge in [0.1, 0.15) is 0 Å². The predicted molar refractivity (Wildman–Crippen MR) is 99.9 cm³/mol. The molecule has 1 aliphatic carbocycles. The SMILES string of the molecule is O=C(COC(=O)CCCC(=O)NC1CCCCC1)Nc1ccc(Cl)cc1. The summed E-state index contributed by atoms with van der Waals surface area (Å²) in [7, 11) is 0. The molecule has 26 heavy (non-hydrogen) atoms. The second-order valence-electron chi connectivity index (χ2n) is 6.47. The van der Waals surface area contributed by atoms with Crippen LogP contribution >= 0.6 is 11.6 Å². The van der Waals surface area contributed by atoms with Crippen LogP contribution < -0.4 is 10.6 Å². The average Bonchev–Trinajstić information content (AvgIpc) is 2.63. The fourth-order valence-corrected chi connectivity index (χ4v) is 3.01. The third-order valence-electron chi connectivity index (χ3n) is 4.25. The zero-order valence-corrected chi connectivity index (χ0v) is 15.5. The number of hydrogen-bond donors (Lipinski definition) is 2. The van der Waals surface area contributed by atoms with E-state index < -0.39 is 11.9 Å². The molecule has 1 fully saturated rings. The molecule has 2 rings (SSSR count). The predicted octanol–water partition coefficient (Wildman–Crippen LogP) is 3.44. The number of halogens is 1. The van der Waals surface area contributed by atoms with Crippen molar-refractivity contribution in [3.05, 3.63) is 29.3 Å². The van der Waals surface area contributed by atoms with Crippen LogP contribution in [0.25, 0.3) is 0 Å². The molecular weight excluding hydrogens is 356 g/mol. The number of carbonyl (C=O) groups is 3. The van der Waals surface area contributed by atoms with E-state index in [1.54, 1.807) is 24.3 Å². The van der Waals surface area contributed by atoms with E-state index in [2.05, 4.69) is 10.6 Å². The lowest BCUT2D eigenvalue weighted by Gasteiger charge is -2.22. The first-order valence-corrected chi connectivity index (χ1v) is 9.41. The van der Waals surface area contributed by atoms with Gasteiger partial charge in [0.15, 0.2) is 6.61 Å².